The predicted molar refractivity (Wildman–Crippen MR) is 103 cm³/mol. The van der Waals surface area contributed by atoms with E-state index in [0.717, 1.165) is 10.5 Å². The third kappa shape index (κ3) is 3.68. The van der Waals surface area contributed by atoms with Crippen molar-refractivity contribution in [3.63, 3.8) is 0 Å². The second kappa shape index (κ2) is 7.44. The smallest absolute Gasteiger partial charge is 0.414 e. The topological polar surface area (TPSA) is 47.4 Å². The van der Waals surface area contributed by atoms with E-state index in [0.29, 0.717) is 24.3 Å². The van der Waals surface area contributed by atoms with E-state index in [1.165, 1.54) is 11.0 Å². The number of halogens is 1. The summed E-state index contributed by atoms with van der Waals surface area (Å²) in [5.41, 5.74) is 1.81. The van der Waals surface area contributed by atoms with Crippen molar-refractivity contribution in [2.24, 2.45) is 0 Å². The van der Waals surface area contributed by atoms with Crippen LogP contribution in [0.2, 0.25) is 0 Å². The molecular weight excluding hydrogens is 365 g/mol. The highest BCUT2D eigenvalue weighted by Crippen LogP contribution is 2.30. The Kier molecular flexibility index (Phi) is 4.85. The van der Waals surface area contributed by atoms with Crippen LogP contribution in [0.5, 0.6) is 0 Å². The molecule has 0 aliphatic carbocycles. The molecule has 0 bridgehead atoms. The Morgan fingerprint density at radius 2 is 2.07 bits per heavy atom. The fourth-order valence-corrected chi connectivity index (χ4v) is 3.54. The zero-order valence-corrected chi connectivity index (χ0v) is 15.5. The zero-order chi connectivity index (χ0) is 18.8. The molecule has 1 atom stereocenters. The van der Waals surface area contributed by atoms with Crippen molar-refractivity contribution in [3.8, 4) is 11.1 Å². The molecule has 0 radical (unpaired) electrons. The van der Waals surface area contributed by atoms with Crippen LogP contribution in [0.4, 0.5) is 14.9 Å². The number of rotatable bonds is 5. The average Bonchev–Trinajstić information content (AvgIpc) is 3.31. The number of anilines is 1. The Morgan fingerprint density at radius 1 is 1.26 bits per heavy atom. The lowest BCUT2D eigenvalue weighted by molar-refractivity contribution is 0.132. The lowest BCUT2D eigenvalue weighted by Gasteiger charge is -2.14. The van der Waals surface area contributed by atoms with Crippen LogP contribution in [0, 0.1) is 5.82 Å². The summed E-state index contributed by atoms with van der Waals surface area (Å²) in [7, 11) is 0. The number of amides is 1. The molecule has 4 rings (SSSR count). The van der Waals surface area contributed by atoms with Gasteiger partial charge in [0.1, 0.15) is 11.9 Å². The standard InChI is InChI=1S/C20H18FN3O2S/c1-27-17-5-2-14(3-6-17)18-7-4-15(10-19(18)21)24-12-16(26-20(24)25)11-23-9-8-22-13-23/h2-10,13,16H,11-12H2,1H3/t16-/m0/s1. The third-order valence-corrected chi connectivity index (χ3v) is 5.26. The van der Waals surface area contributed by atoms with Crippen LogP contribution < -0.4 is 4.90 Å². The number of hydrogen-bond acceptors (Lipinski definition) is 4. The van der Waals surface area contributed by atoms with Crippen molar-refractivity contribution in [1.82, 2.24) is 9.55 Å². The lowest BCUT2D eigenvalue weighted by atomic mass is 10.0. The average molecular weight is 383 g/mol. The van der Waals surface area contributed by atoms with Crippen molar-refractivity contribution in [2.75, 3.05) is 17.7 Å². The Labute approximate surface area is 160 Å². The highest BCUT2D eigenvalue weighted by molar-refractivity contribution is 7.98. The molecule has 138 valence electrons. The molecule has 1 aliphatic rings. The van der Waals surface area contributed by atoms with Crippen molar-refractivity contribution < 1.29 is 13.9 Å². The van der Waals surface area contributed by atoms with Crippen molar-refractivity contribution in [1.29, 1.82) is 0 Å². The second-order valence-corrected chi connectivity index (χ2v) is 7.15. The van der Waals surface area contributed by atoms with Crippen LogP contribution >= 0.6 is 11.8 Å². The molecule has 1 aliphatic heterocycles. The molecule has 5 nitrogen and oxygen atoms in total. The van der Waals surface area contributed by atoms with Gasteiger partial charge in [-0.2, -0.15) is 0 Å². The van der Waals surface area contributed by atoms with Crippen molar-refractivity contribution >= 4 is 23.5 Å². The highest BCUT2D eigenvalue weighted by Gasteiger charge is 2.32. The van der Waals surface area contributed by atoms with Crippen LogP contribution in [0.25, 0.3) is 11.1 Å². The van der Waals surface area contributed by atoms with E-state index in [1.54, 1.807) is 36.4 Å². The van der Waals surface area contributed by atoms with E-state index in [1.807, 2.05) is 41.3 Å². The molecule has 1 fully saturated rings. The first-order chi connectivity index (χ1) is 13.1. The number of cyclic esters (lactones) is 1. The molecule has 2 aromatic carbocycles. The molecule has 2 heterocycles. The predicted octanol–water partition coefficient (Wildman–Crippen LogP) is 4.44. The van der Waals surface area contributed by atoms with Gasteiger partial charge in [-0.25, -0.2) is 14.2 Å². The molecule has 3 aromatic rings. The van der Waals surface area contributed by atoms with Crippen LogP contribution in [-0.4, -0.2) is 34.5 Å². The van der Waals surface area contributed by atoms with E-state index < -0.39 is 6.09 Å². The summed E-state index contributed by atoms with van der Waals surface area (Å²) in [6.45, 7) is 0.892. The van der Waals surface area contributed by atoms with Crippen LogP contribution in [0.15, 0.2) is 66.1 Å². The fraction of sp³-hybridized carbons (Fsp3) is 0.200. The SMILES string of the molecule is CSc1ccc(-c2ccc(N3C[C@H](Cn4ccnc4)OC3=O)cc2F)cc1. The number of thioether (sulfide) groups is 1. The van der Waals surface area contributed by atoms with Crippen molar-refractivity contribution in [2.45, 2.75) is 17.5 Å². The zero-order valence-electron chi connectivity index (χ0n) is 14.7. The second-order valence-electron chi connectivity index (χ2n) is 6.27. The number of ether oxygens (including phenoxy) is 1. The van der Waals surface area contributed by atoms with Crippen LogP contribution in [0.3, 0.4) is 0 Å². The Morgan fingerprint density at radius 3 is 2.74 bits per heavy atom. The number of hydrogen-bond donors (Lipinski definition) is 0. The first-order valence-electron chi connectivity index (χ1n) is 8.52. The maximum Gasteiger partial charge on any atom is 0.414 e. The molecular formula is C20H18FN3O2S. The highest BCUT2D eigenvalue weighted by atomic mass is 32.2. The van der Waals surface area contributed by atoms with Gasteiger partial charge in [-0.05, 0) is 42.2 Å². The van der Waals surface area contributed by atoms with Gasteiger partial charge < -0.3 is 9.30 Å². The molecule has 7 heteroatoms. The van der Waals surface area contributed by atoms with Gasteiger partial charge in [0.05, 0.1) is 25.1 Å². The molecule has 1 aromatic heterocycles. The minimum Gasteiger partial charge on any atom is -0.442 e. The summed E-state index contributed by atoms with van der Waals surface area (Å²) in [6, 6.07) is 12.6. The van der Waals surface area contributed by atoms with E-state index in [4.69, 9.17) is 4.74 Å². The van der Waals surface area contributed by atoms with E-state index in [9.17, 15) is 9.18 Å². The van der Waals surface area contributed by atoms with Gasteiger partial charge in [0, 0.05) is 22.9 Å². The van der Waals surface area contributed by atoms with Gasteiger partial charge in [0.25, 0.3) is 0 Å². The summed E-state index contributed by atoms with van der Waals surface area (Å²) >= 11 is 1.64. The molecule has 27 heavy (non-hydrogen) atoms. The normalized spacial score (nSPS) is 16.6. The summed E-state index contributed by atoms with van der Waals surface area (Å²) in [5, 5.41) is 0. The molecule has 0 spiro atoms. The fourth-order valence-electron chi connectivity index (χ4n) is 3.13. The Hall–Kier alpha value is -2.80. The number of imidazole rings is 1. The van der Waals surface area contributed by atoms with E-state index in [2.05, 4.69) is 4.98 Å². The summed E-state index contributed by atoms with van der Waals surface area (Å²) in [4.78, 5) is 18.8. The van der Waals surface area contributed by atoms with E-state index in [-0.39, 0.29) is 11.9 Å². The first-order valence-corrected chi connectivity index (χ1v) is 9.74. The molecule has 0 unspecified atom stereocenters. The number of aromatic nitrogens is 2. The Balaban J connectivity index is 1.52. The number of carbonyl (C=O) groups excluding carboxylic acids is 1. The van der Waals surface area contributed by atoms with Crippen LogP contribution in [0.1, 0.15) is 0 Å². The number of carbonyl (C=O) groups is 1. The minimum atomic E-state index is -0.461. The maximum atomic E-state index is 14.7. The monoisotopic (exact) mass is 383 g/mol. The van der Waals surface area contributed by atoms with Crippen molar-refractivity contribution in [3.05, 3.63) is 67.0 Å². The molecule has 1 saturated heterocycles. The first kappa shape index (κ1) is 17.6. The largest absolute Gasteiger partial charge is 0.442 e. The lowest BCUT2D eigenvalue weighted by Crippen LogP contribution is -2.25. The van der Waals surface area contributed by atoms with Gasteiger partial charge in [0.15, 0.2) is 0 Å². The molecule has 0 N–H and O–H groups in total. The molecule has 1 amide bonds. The quantitative estimate of drug-likeness (QED) is 0.611. The minimum absolute atomic E-state index is 0.298. The molecule has 0 saturated carbocycles. The van der Waals surface area contributed by atoms with Crippen LogP contribution in [-0.2, 0) is 11.3 Å². The number of nitrogens with zero attached hydrogens (tertiary/aromatic N) is 3. The van der Waals surface area contributed by atoms with E-state index >= 15 is 0 Å². The number of benzene rings is 2. The maximum absolute atomic E-state index is 14.7. The Bertz CT molecular complexity index is 944. The summed E-state index contributed by atoms with van der Waals surface area (Å²) in [5.74, 6) is -0.365. The van der Waals surface area contributed by atoms with Gasteiger partial charge >= 0.3 is 6.09 Å². The van der Waals surface area contributed by atoms with Gasteiger partial charge in [0.2, 0.25) is 0 Å². The summed E-state index contributed by atoms with van der Waals surface area (Å²) in [6.07, 6.45) is 6.40. The summed E-state index contributed by atoms with van der Waals surface area (Å²) < 4.78 is 22.0. The third-order valence-electron chi connectivity index (χ3n) is 4.51. The van der Waals surface area contributed by atoms with Gasteiger partial charge in [-0.3, -0.25) is 4.90 Å². The van der Waals surface area contributed by atoms with Gasteiger partial charge in [-0.1, -0.05) is 12.1 Å². The van der Waals surface area contributed by atoms with Gasteiger partial charge in [-0.15, -0.1) is 11.8 Å².